The number of carbonyl (C=O) groups is 1. The quantitative estimate of drug-likeness (QED) is 0.630. The summed E-state index contributed by atoms with van der Waals surface area (Å²) in [7, 11) is 0. The van der Waals surface area contributed by atoms with E-state index in [-0.39, 0.29) is 23.4 Å². The number of ether oxygens (including phenoxy) is 1. The van der Waals surface area contributed by atoms with Crippen molar-refractivity contribution in [2.75, 3.05) is 0 Å². The van der Waals surface area contributed by atoms with Crippen LogP contribution < -0.4 is 4.74 Å². The van der Waals surface area contributed by atoms with E-state index in [1.807, 2.05) is 6.92 Å². The highest BCUT2D eigenvalue weighted by molar-refractivity contribution is 5.66. The first kappa shape index (κ1) is 20.5. The lowest BCUT2D eigenvalue weighted by Gasteiger charge is -2.31. The third-order valence-corrected chi connectivity index (χ3v) is 5.35. The summed E-state index contributed by atoms with van der Waals surface area (Å²) in [5, 5.41) is 8.85. The first-order valence-corrected chi connectivity index (χ1v) is 9.07. The molecular formula is C21H34O3. The average Bonchev–Trinajstić information content (AvgIpc) is 2.53. The van der Waals surface area contributed by atoms with Crippen LogP contribution in [0.25, 0.3) is 0 Å². The zero-order valence-corrected chi connectivity index (χ0v) is 16.4. The summed E-state index contributed by atoms with van der Waals surface area (Å²) in [6.45, 7) is 15.3. The van der Waals surface area contributed by atoms with E-state index in [9.17, 15) is 4.79 Å². The summed E-state index contributed by atoms with van der Waals surface area (Å²) in [4.78, 5) is 10.8. The Hall–Kier alpha value is -1.51. The molecule has 0 fully saturated rings. The molecule has 0 saturated heterocycles. The highest BCUT2D eigenvalue weighted by Crippen LogP contribution is 2.38. The molecule has 1 aromatic rings. The van der Waals surface area contributed by atoms with Gasteiger partial charge in [-0.1, -0.05) is 53.7 Å². The molecule has 0 aliphatic rings. The SMILES string of the molecule is CCC(C)(C)c1ccc(OC(C)CCC(=O)O)c(C(C)(C)CC)c1. The van der Waals surface area contributed by atoms with Crippen molar-refractivity contribution < 1.29 is 14.6 Å². The fraction of sp³-hybridized carbons (Fsp3) is 0.667. The van der Waals surface area contributed by atoms with Gasteiger partial charge in [-0.05, 0) is 48.6 Å². The van der Waals surface area contributed by atoms with E-state index >= 15 is 0 Å². The predicted molar refractivity (Wildman–Crippen MR) is 100 cm³/mol. The van der Waals surface area contributed by atoms with Gasteiger partial charge >= 0.3 is 5.97 Å². The standard InChI is InChI=1S/C21H34O3/c1-8-20(4,5)16-11-12-18(17(14-16)21(6,7)9-2)24-15(3)10-13-19(22)23/h11-12,14-15H,8-10,13H2,1-7H3,(H,22,23). The van der Waals surface area contributed by atoms with Crippen molar-refractivity contribution in [3.8, 4) is 5.75 Å². The monoisotopic (exact) mass is 334 g/mol. The molecule has 0 spiro atoms. The Kier molecular flexibility index (Phi) is 6.88. The molecule has 0 amide bonds. The molecule has 0 aromatic heterocycles. The first-order valence-electron chi connectivity index (χ1n) is 9.07. The van der Waals surface area contributed by atoms with Gasteiger partial charge < -0.3 is 9.84 Å². The molecule has 0 radical (unpaired) electrons. The van der Waals surface area contributed by atoms with Gasteiger partial charge in [0.05, 0.1) is 6.10 Å². The summed E-state index contributed by atoms with van der Waals surface area (Å²) in [5.41, 5.74) is 2.69. The Balaban J connectivity index is 3.17. The van der Waals surface area contributed by atoms with Crippen molar-refractivity contribution in [1.29, 1.82) is 0 Å². The zero-order valence-electron chi connectivity index (χ0n) is 16.4. The molecule has 0 saturated carbocycles. The number of carboxylic acids is 1. The van der Waals surface area contributed by atoms with Crippen molar-refractivity contribution in [3.05, 3.63) is 29.3 Å². The van der Waals surface area contributed by atoms with Crippen molar-refractivity contribution in [2.45, 2.75) is 91.1 Å². The summed E-state index contributed by atoms with van der Waals surface area (Å²) < 4.78 is 6.12. The predicted octanol–water partition coefficient (Wildman–Crippen LogP) is 5.69. The molecule has 1 atom stereocenters. The molecule has 1 rings (SSSR count). The maximum Gasteiger partial charge on any atom is 0.303 e. The minimum Gasteiger partial charge on any atom is -0.490 e. The van der Waals surface area contributed by atoms with E-state index in [4.69, 9.17) is 9.84 Å². The van der Waals surface area contributed by atoms with Crippen LogP contribution in [0.15, 0.2) is 18.2 Å². The minimum atomic E-state index is -0.778. The molecule has 136 valence electrons. The Morgan fingerprint density at radius 3 is 2.21 bits per heavy atom. The van der Waals surface area contributed by atoms with Gasteiger partial charge in [-0.15, -0.1) is 0 Å². The van der Waals surface area contributed by atoms with Crippen LogP contribution in [0.1, 0.15) is 85.3 Å². The molecule has 0 aliphatic heterocycles. The normalized spacial score (nSPS) is 13.6. The van der Waals surface area contributed by atoms with Gasteiger partial charge in [0, 0.05) is 12.0 Å². The smallest absolute Gasteiger partial charge is 0.303 e. The van der Waals surface area contributed by atoms with Crippen LogP contribution in [0.2, 0.25) is 0 Å². The largest absolute Gasteiger partial charge is 0.490 e. The summed E-state index contributed by atoms with van der Waals surface area (Å²) in [6, 6.07) is 6.50. The summed E-state index contributed by atoms with van der Waals surface area (Å²) in [6.07, 6.45) is 2.63. The number of aliphatic carboxylic acids is 1. The Labute approximate surface area is 147 Å². The first-order chi connectivity index (χ1) is 11.0. The topological polar surface area (TPSA) is 46.5 Å². The van der Waals surface area contributed by atoms with Gasteiger partial charge in [-0.25, -0.2) is 0 Å². The van der Waals surface area contributed by atoms with Gasteiger partial charge in [-0.3, -0.25) is 4.79 Å². The second-order valence-corrected chi connectivity index (χ2v) is 8.05. The lowest BCUT2D eigenvalue weighted by Crippen LogP contribution is -2.23. The molecule has 0 heterocycles. The lowest BCUT2D eigenvalue weighted by atomic mass is 9.76. The Bertz CT molecular complexity index is 558. The Morgan fingerprint density at radius 2 is 1.71 bits per heavy atom. The van der Waals surface area contributed by atoms with Crippen LogP contribution in [0, 0.1) is 0 Å². The van der Waals surface area contributed by atoms with Crippen LogP contribution in [-0.2, 0) is 15.6 Å². The van der Waals surface area contributed by atoms with Gasteiger partial charge in [0.2, 0.25) is 0 Å². The third-order valence-electron chi connectivity index (χ3n) is 5.35. The van der Waals surface area contributed by atoms with Crippen molar-refractivity contribution in [3.63, 3.8) is 0 Å². The summed E-state index contributed by atoms with van der Waals surface area (Å²) in [5.74, 6) is 0.106. The number of hydrogen-bond donors (Lipinski definition) is 1. The average molecular weight is 335 g/mol. The van der Waals surface area contributed by atoms with Crippen molar-refractivity contribution >= 4 is 5.97 Å². The fourth-order valence-electron chi connectivity index (χ4n) is 2.58. The van der Waals surface area contributed by atoms with Gasteiger partial charge in [0.25, 0.3) is 0 Å². The van der Waals surface area contributed by atoms with Gasteiger partial charge in [0.15, 0.2) is 0 Å². The second kappa shape index (κ2) is 8.04. The number of rotatable bonds is 9. The van der Waals surface area contributed by atoms with Crippen LogP contribution in [-0.4, -0.2) is 17.2 Å². The molecule has 1 N–H and O–H groups in total. The minimum absolute atomic E-state index is 0.0156. The van der Waals surface area contributed by atoms with E-state index in [0.29, 0.717) is 6.42 Å². The van der Waals surface area contributed by atoms with Gasteiger partial charge in [0.1, 0.15) is 5.75 Å². The van der Waals surface area contributed by atoms with Crippen LogP contribution >= 0.6 is 0 Å². The molecule has 24 heavy (non-hydrogen) atoms. The highest BCUT2D eigenvalue weighted by atomic mass is 16.5. The number of carboxylic acid groups (broad SMARTS) is 1. The molecule has 3 nitrogen and oxygen atoms in total. The maximum atomic E-state index is 10.8. The van der Waals surface area contributed by atoms with Gasteiger partial charge in [-0.2, -0.15) is 0 Å². The van der Waals surface area contributed by atoms with Crippen molar-refractivity contribution in [1.82, 2.24) is 0 Å². The van der Waals surface area contributed by atoms with E-state index < -0.39 is 5.97 Å². The highest BCUT2D eigenvalue weighted by Gasteiger charge is 2.27. The lowest BCUT2D eigenvalue weighted by molar-refractivity contribution is -0.137. The molecular weight excluding hydrogens is 300 g/mol. The number of hydrogen-bond acceptors (Lipinski definition) is 2. The van der Waals surface area contributed by atoms with Crippen LogP contribution in [0.4, 0.5) is 0 Å². The third kappa shape index (κ3) is 5.25. The maximum absolute atomic E-state index is 10.8. The van der Waals surface area contributed by atoms with Crippen LogP contribution in [0.3, 0.4) is 0 Å². The molecule has 1 unspecified atom stereocenters. The van der Waals surface area contributed by atoms with Crippen LogP contribution in [0.5, 0.6) is 5.75 Å². The van der Waals surface area contributed by atoms with E-state index in [1.54, 1.807) is 0 Å². The molecule has 0 aliphatic carbocycles. The summed E-state index contributed by atoms with van der Waals surface area (Å²) >= 11 is 0. The van der Waals surface area contributed by atoms with E-state index in [0.717, 1.165) is 18.6 Å². The fourth-order valence-corrected chi connectivity index (χ4v) is 2.58. The van der Waals surface area contributed by atoms with E-state index in [1.165, 1.54) is 11.1 Å². The van der Waals surface area contributed by atoms with Crippen molar-refractivity contribution in [2.24, 2.45) is 0 Å². The molecule has 0 bridgehead atoms. The zero-order chi connectivity index (χ0) is 18.5. The molecule has 3 heteroatoms. The number of benzene rings is 1. The van der Waals surface area contributed by atoms with E-state index in [2.05, 4.69) is 59.7 Å². The second-order valence-electron chi connectivity index (χ2n) is 8.05. The Morgan fingerprint density at radius 1 is 1.12 bits per heavy atom. The molecule has 1 aromatic carbocycles.